The van der Waals surface area contributed by atoms with E-state index in [-0.39, 0.29) is 34.9 Å². The molecule has 3 rings (SSSR count). The van der Waals surface area contributed by atoms with Gasteiger partial charge in [0.25, 0.3) is 0 Å². The molecule has 0 aliphatic heterocycles. The molecule has 0 radical (unpaired) electrons. The monoisotopic (exact) mass is 328 g/mol. The fourth-order valence-corrected chi connectivity index (χ4v) is 2.00. The van der Waals surface area contributed by atoms with E-state index >= 15 is 0 Å². The molecule has 0 spiro atoms. The zero-order valence-corrected chi connectivity index (χ0v) is 11.6. The van der Waals surface area contributed by atoms with Crippen LogP contribution in [0, 0.1) is 5.82 Å². The fourth-order valence-electron chi connectivity index (χ4n) is 2.00. The van der Waals surface area contributed by atoms with Crippen molar-refractivity contribution in [3.05, 3.63) is 40.8 Å². The van der Waals surface area contributed by atoms with E-state index in [1.807, 2.05) is 0 Å². The van der Waals surface area contributed by atoms with Gasteiger partial charge in [-0.3, -0.25) is 0 Å². The van der Waals surface area contributed by atoms with E-state index in [1.54, 1.807) is 0 Å². The maximum absolute atomic E-state index is 13.8. The predicted octanol–water partition coefficient (Wildman–Crippen LogP) is 2.77. The van der Waals surface area contributed by atoms with Crippen molar-refractivity contribution in [2.24, 2.45) is 0 Å². The molecule has 6 nitrogen and oxygen atoms in total. The number of ether oxygens (including phenoxy) is 1. The van der Waals surface area contributed by atoms with Gasteiger partial charge in [-0.1, -0.05) is 0 Å². The van der Waals surface area contributed by atoms with Crippen LogP contribution >= 0.6 is 0 Å². The van der Waals surface area contributed by atoms with Gasteiger partial charge in [-0.2, -0.15) is 18.2 Å². The third kappa shape index (κ3) is 2.91. The number of rotatable bonds is 3. The van der Waals surface area contributed by atoms with Gasteiger partial charge >= 0.3 is 6.18 Å². The van der Waals surface area contributed by atoms with Crippen LogP contribution < -0.4 is 4.74 Å². The number of alkyl halides is 3. The normalized spacial score (nSPS) is 11.9. The molecule has 0 aliphatic rings. The number of halogens is 4. The molecule has 10 heteroatoms. The first kappa shape index (κ1) is 15.1. The molecular weight excluding hydrogens is 320 g/mol. The van der Waals surface area contributed by atoms with Crippen LogP contribution in [0.3, 0.4) is 0 Å². The molecule has 0 unspecified atom stereocenters. The van der Waals surface area contributed by atoms with Crippen molar-refractivity contribution in [2.45, 2.75) is 12.6 Å². The van der Waals surface area contributed by atoms with Crippen molar-refractivity contribution in [1.29, 1.82) is 0 Å². The minimum Gasteiger partial charge on any atom is -0.480 e. The minimum absolute atomic E-state index is 0.00464. The van der Waals surface area contributed by atoms with Crippen molar-refractivity contribution in [1.82, 2.24) is 20.3 Å². The fraction of sp³-hybridized carbons (Fsp3) is 0.231. The van der Waals surface area contributed by atoms with E-state index < -0.39 is 17.6 Å². The molecule has 0 saturated heterocycles. The summed E-state index contributed by atoms with van der Waals surface area (Å²) in [5.41, 5.74) is -0.898. The van der Waals surface area contributed by atoms with Gasteiger partial charge in [0.05, 0.1) is 12.7 Å². The number of hydrogen-bond acceptors (Lipinski definition) is 6. The average Bonchev–Trinajstić information content (AvgIpc) is 2.94. The van der Waals surface area contributed by atoms with E-state index in [9.17, 15) is 17.6 Å². The third-order valence-corrected chi connectivity index (χ3v) is 3.07. The van der Waals surface area contributed by atoms with Gasteiger partial charge in [-0.05, 0) is 34.1 Å². The summed E-state index contributed by atoms with van der Waals surface area (Å²) >= 11 is 0. The Kier molecular flexibility index (Phi) is 3.58. The van der Waals surface area contributed by atoms with E-state index in [4.69, 9.17) is 4.74 Å². The highest BCUT2D eigenvalue weighted by Crippen LogP contribution is 2.31. The summed E-state index contributed by atoms with van der Waals surface area (Å²) in [6, 6.07) is 2.16. The summed E-state index contributed by atoms with van der Waals surface area (Å²) in [6.07, 6.45) is -4.83. The Hall–Kier alpha value is -2.78. The Bertz CT molecular complexity index is 863. The molecule has 0 amide bonds. The molecule has 1 aromatic carbocycles. The number of methoxy groups -OCH3 is 1. The second-order valence-corrected chi connectivity index (χ2v) is 4.57. The number of fused-ring (bicyclic) bond motifs is 1. The average molecular weight is 328 g/mol. The first-order chi connectivity index (χ1) is 10.9. The zero-order chi connectivity index (χ0) is 16.6. The van der Waals surface area contributed by atoms with Crippen LogP contribution in [0.1, 0.15) is 16.8 Å². The summed E-state index contributed by atoms with van der Waals surface area (Å²) in [6.45, 7) is 0. The number of hydrogen-bond donors (Lipinski definition) is 0. The molecule has 120 valence electrons. The maximum atomic E-state index is 13.8. The molecule has 2 heterocycles. The molecule has 0 N–H and O–H groups in total. The summed E-state index contributed by atoms with van der Waals surface area (Å²) in [5, 5.41) is 6.96. The topological polar surface area (TPSA) is 73.9 Å². The Morgan fingerprint density at radius 1 is 1.13 bits per heavy atom. The van der Waals surface area contributed by atoms with E-state index in [0.717, 1.165) is 12.1 Å². The third-order valence-electron chi connectivity index (χ3n) is 3.07. The number of aromatic nitrogens is 4. The summed E-state index contributed by atoms with van der Waals surface area (Å²) in [7, 11) is 1.30. The van der Waals surface area contributed by atoms with E-state index in [1.165, 1.54) is 7.11 Å². The Labute approximate surface area is 126 Å². The molecule has 23 heavy (non-hydrogen) atoms. The lowest BCUT2D eigenvalue weighted by molar-refractivity contribution is -0.137. The highest BCUT2D eigenvalue weighted by atomic mass is 19.4. The Morgan fingerprint density at radius 3 is 2.48 bits per heavy atom. The van der Waals surface area contributed by atoms with Crippen LogP contribution in [-0.4, -0.2) is 27.4 Å². The van der Waals surface area contributed by atoms with E-state index in [0.29, 0.717) is 6.07 Å². The second kappa shape index (κ2) is 5.45. The SMILES string of the molecule is COc1nc2nonc2nc1Cc1cc(C(F)(F)F)ccc1F. The molecule has 0 fully saturated rings. The Morgan fingerprint density at radius 2 is 1.83 bits per heavy atom. The standard InChI is InChI=1S/C13H8F4N4O2/c1-22-12-9(18-10-11(19-12)21-23-20-10)5-6-4-7(13(15,16)17)2-3-8(6)14/h2-4H,5H2,1H3. The highest BCUT2D eigenvalue weighted by Gasteiger charge is 2.31. The number of benzene rings is 1. The van der Waals surface area contributed by atoms with Crippen LogP contribution in [0.15, 0.2) is 22.8 Å². The second-order valence-electron chi connectivity index (χ2n) is 4.57. The van der Waals surface area contributed by atoms with Crippen LogP contribution in [0.25, 0.3) is 11.3 Å². The van der Waals surface area contributed by atoms with Gasteiger partial charge in [0.1, 0.15) is 11.5 Å². The van der Waals surface area contributed by atoms with Gasteiger partial charge in [-0.15, -0.1) is 0 Å². The molecule has 3 aromatic rings. The Balaban J connectivity index is 2.04. The van der Waals surface area contributed by atoms with Crippen LogP contribution in [0.2, 0.25) is 0 Å². The predicted molar refractivity (Wildman–Crippen MR) is 68.2 cm³/mol. The largest absolute Gasteiger partial charge is 0.480 e. The van der Waals surface area contributed by atoms with E-state index in [2.05, 4.69) is 24.9 Å². The van der Waals surface area contributed by atoms with Crippen molar-refractivity contribution in [3.63, 3.8) is 0 Å². The van der Waals surface area contributed by atoms with Crippen molar-refractivity contribution < 1.29 is 26.9 Å². The van der Waals surface area contributed by atoms with Crippen molar-refractivity contribution in [3.8, 4) is 5.88 Å². The quantitative estimate of drug-likeness (QED) is 0.688. The molecule has 2 aromatic heterocycles. The maximum Gasteiger partial charge on any atom is 0.416 e. The lowest BCUT2D eigenvalue weighted by atomic mass is 10.1. The first-order valence-electron chi connectivity index (χ1n) is 6.27. The van der Waals surface area contributed by atoms with Crippen LogP contribution in [0.5, 0.6) is 5.88 Å². The summed E-state index contributed by atoms with van der Waals surface area (Å²) in [4.78, 5) is 7.99. The van der Waals surface area contributed by atoms with Gasteiger partial charge in [0.2, 0.25) is 17.2 Å². The molecule has 0 saturated carbocycles. The smallest absolute Gasteiger partial charge is 0.416 e. The van der Waals surface area contributed by atoms with Crippen molar-refractivity contribution in [2.75, 3.05) is 7.11 Å². The van der Waals surface area contributed by atoms with Gasteiger partial charge in [0, 0.05) is 6.42 Å². The van der Waals surface area contributed by atoms with Gasteiger partial charge in [0.15, 0.2) is 0 Å². The van der Waals surface area contributed by atoms with Crippen LogP contribution in [-0.2, 0) is 12.6 Å². The van der Waals surface area contributed by atoms with Crippen LogP contribution in [0.4, 0.5) is 17.6 Å². The number of nitrogens with zero attached hydrogens (tertiary/aromatic N) is 4. The van der Waals surface area contributed by atoms with Gasteiger partial charge < -0.3 is 4.74 Å². The highest BCUT2D eigenvalue weighted by molar-refractivity contribution is 5.64. The lowest BCUT2D eigenvalue weighted by Gasteiger charge is -2.10. The van der Waals surface area contributed by atoms with Gasteiger partial charge in [-0.25, -0.2) is 14.0 Å². The molecule has 0 bridgehead atoms. The lowest BCUT2D eigenvalue weighted by Crippen LogP contribution is -2.08. The molecule has 0 aliphatic carbocycles. The first-order valence-corrected chi connectivity index (χ1v) is 6.27. The minimum atomic E-state index is -4.57. The van der Waals surface area contributed by atoms with Crippen molar-refractivity contribution >= 4 is 11.3 Å². The summed E-state index contributed by atoms with van der Waals surface area (Å²) < 4.78 is 61.5. The molecular formula is C13H8F4N4O2. The summed E-state index contributed by atoms with van der Waals surface area (Å²) in [5.74, 6) is -0.787. The molecule has 0 atom stereocenters. The zero-order valence-electron chi connectivity index (χ0n) is 11.6.